The standard InChI is InChI=1S/C17H23N3OS/c1-11(2)14-8-6-13(7-9-14)10-20(5)17(21)15-12(3)19-22-16(15)18-4/h6-9,11,18H,10H2,1-5H3. The van der Waals surface area contributed by atoms with Gasteiger partial charge in [-0.25, -0.2) is 0 Å². The van der Waals surface area contributed by atoms with Crippen molar-refractivity contribution in [1.29, 1.82) is 0 Å². The van der Waals surface area contributed by atoms with Crippen molar-refractivity contribution in [2.75, 3.05) is 19.4 Å². The fourth-order valence-corrected chi connectivity index (χ4v) is 3.07. The van der Waals surface area contributed by atoms with Crippen LogP contribution in [0.15, 0.2) is 24.3 Å². The van der Waals surface area contributed by atoms with Crippen LogP contribution in [0.2, 0.25) is 0 Å². The topological polar surface area (TPSA) is 45.2 Å². The van der Waals surface area contributed by atoms with Crippen LogP contribution in [0.25, 0.3) is 0 Å². The number of amides is 1. The second-order valence-electron chi connectivity index (χ2n) is 5.78. The van der Waals surface area contributed by atoms with E-state index in [4.69, 9.17) is 0 Å². The molecule has 5 heteroatoms. The van der Waals surface area contributed by atoms with E-state index in [0.29, 0.717) is 18.0 Å². The summed E-state index contributed by atoms with van der Waals surface area (Å²) >= 11 is 1.32. The minimum absolute atomic E-state index is 0.00327. The van der Waals surface area contributed by atoms with Crippen LogP contribution in [0.4, 0.5) is 5.00 Å². The summed E-state index contributed by atoms with van der Waals surface area (Å²) in [6.07, 6.45) is 0. The Labute approximate surface area is 136 Å². The first-order valence-electron chi connectivity index (χ1n) is 7.42. The molecule has 4 nitrogen and oxygen atoms in total. The Balaban J connectivity index is 2.12. The number of aromatic nitrogens is 1. The lowest BCUT2D eigenvalue weighted by Crippen LogP contribution is -2.27. The van der Waals surface area contributed by atoms with E-state index < -0.39 is 0 Å². The molecule has 1 heterocycles. The molecule has 1 aromatic carbocycles. The Morgan fingerprint density at radius 3 is 2.50 bits per heavy atom. The number of benzene rings is 1. The summed E-state index contributed by atoms with van der Waals surface area (Å²) in [6.45, 7) is 6.82. The molecule has 1 amide bonds. The summed E-state index contributed by atoms with van der Waals surface area (Å²) < 4.78 is 4.26. The molecule has 0 atom stereocenters. The SMILES string of the molecule is CNc1snc(C)c1C(=O)N(C)Cc1ccc(C(C)C)cc1. The maximum Gasteiger partial charge on any atom is 0.258 e. The smallest absolute Gasteiger partial charge is 0.258 e. The van der Waals surface area contributed by atoms with Gasteiger partial charge in [0.25, 0.3) is 5.91 Å². The lowest BCUT2D eigenvalue weighted by molar-refractivity contribution is 0.0785. The van der Waals surface area contributed by atoms with Crippen LogP contribution in [0, 0.1) is 6.92 Å². The molecular formula is C17H23N3OS. The zero-order valence-corrected chi connectivity index (χ0v) is 14.6. The molecule has 0 aliphatic rings. The number of carbonyl (C=O) groups excluding carboxylic acids is 1. The van der Waals surface area contributed by atoms with E-state index in [2.05, 4.69) is 47.8 Å². The molecule has 2 rings (SSSR count). The fourth-order valence-electron chi connectivity index (χ4n) is 2.34. The molecule has 22 heavy (non-hydrogen) atoms. The Morgan fingerprint density at radius 1 is 1.32 bits per heavy atom. The highest BCUT2D eigenvalue weighted by atomic mass is 32.1. The van der Waals surface area contributed by atoms with Crippen molar-refractivity contribution in [3.63, 3.8) is 0 Å². The Kier molecular flexibility index (Phi) is 5.19. The molecule has 2 aromatic rings. The van der Waals surface area contributed by atoms with Crippen molar-refractivity contribution in [2.45, 2.75) is 33.2 Å². The molecule has 0 aliphatic carbocycles. The largest absolute Gasteiger partial charge is 0.378 e. The Bertz CT molecular complexity index is 646. The normalized spacial score (nSPS) is 10.8. The van der Waals surface area contributed by atoms with E-state index in [1.54, 1.807) is 4.90 Å². The number of nitrogens with zero attached hydrogens (tertiary/aromatic N) is 2. The van der Waals surface area contributed by atoms with Gasteiger partial charge < -0.3 is 10.2 Å². The van der Waals surface area contributed by atoms with Gasteiger partial charge in [-0.15, -0.1) is 0 Å². The number of hydrogen-bond donors (Lipinski definition) is 1. The maximum atomic E-state index is 12.6. The van der Waals surface area contributed by atoms with Gasteiger partial charge in [-0.3, -0.25) is 4.79 Å². The third kappa shape index (κ3) is 3.47. The molecule has 0 spiro atoms. The van der Waals surface area contributed by atoms with Gasteiger partial charge in [0.2, 0.25) is 0 Å². The average molecular weight is 317 g/mol. The van der Waals surface area contributed by atoms with Crippen LogP contribution in [0.5, 0.6) is 0 Å². The third-order valence-corrected chi connectivity index (χ3v) is 4.67. The minimum Gasteiger partial charge on any atom is -0.378 e. The monoisotopic (exact) mass is 317 g/mol. The van der Waals surface area contributed by atoms with Crippen molar-refractivity contribution in [3.8, 4) is 0 Å². The second kappa shape index (κ2) is 6.92. The molecule has 1 aromatic heterocycles. The molecule has 0 saturated heterocycles. The summed E-state index contributed by atoms with van der Waals surface area (Å²) in [4.78, 5) is 14.4. The first-order valence-corrected chi connectivity index (χ1v) is 8.19. The number of carbonyl (C=O) groups is 1. The highest BCUT2D eigenvalue weighted by molar-refractivity contribution is 7.10. The summed E-state index contributed by atoms with van der Waals surface area (Å²) in [5, 5.41) is 3.87. The minimum atomic E-state index is 0.00327. The molecule has 118 valence electrons. The first-order chi connectivity index (χ1) is 10.4. The molecule has 0 saturated carbocycles. The lowest BCUT2D eigenvalue weighted by atomic mass is 10.0. The molecular weight excluding hydrogens is 294 g/mol. The van der Waals surface area contributed by atoms with Gasteiger partial charge in [0.15, 0.2) is 0 Å². The van der Waals surface area contributed by atoms with Crippen LogP contribution >= 0.6 is 11.5 Å². The summed E-state index contributed by atoms with van der Waals surface area (Å²) in [6, 6.07) is 8.46. The summed E-state index contributed by atoms with van der Waals surface area (Å²) in [5.74, 6) is 0.523. The first kappa shape index (κ1) is 16.5. The van der Waals surface area contributed by atoms with Crippen LogP contribution in [-0.2, 0) is 6.54 Å². The van der Waals surface area contributed by atoms with Crippen molar-refractivity contribution in [2.24, 2.45) is 0 Å². The Morgan fingerprint density at radius 2 is 1.95 bits per heavy atom. The lowest BCUT2D eigenvalue weighted by Gasteiger charge is -2.18. The fraction of sp³-hybridized carbons (Fsp3) is 0.412. The number of nitrogens with one attached hydrogen (secondary N) is 1. The highest BCUT2D eigenvalue weighted by Gasteiger charge is 2.21. The quantitative estimate of drug-likeness (QED) is 0.910. The van der Waals surface area contributed by atoms with E-state index >= 15 is 0 Å². The molecule has 0 radical (unpaired) electrons. The van der Waals surface area contributed by atoms with Gasteiger partial charge in [-0.1, -0.05) is 38.1 Å². The maximum absolute atomic E-state index is 12.6. The third-order valence-electron chi connectivity index (χ3n) is 3.72. The average Bonchev–Trinajstić information content (AvgIpc) is 2.87. The number of rotatable bonds is 5. The van der Waals surface area contributed by atoms with Crippen molar-refractivity contribution < 1.29 is 4.79 Å². The summed E-state index contributed by atoms with van der Waals surface area (Å²) in [7, 11) is 3.64. The van der Waals surface area contributed by atoms with Crippen LogP contribution in [0.1, 0.15) is 46.9 Å². The molecule has 0 fully saturated rings. The predicted molar refractivity (Wildman–Crippen MR) is 92.7 cm³/mol. The van der Waals surface area contributed by atoms with Gasteiger partial charge in [0.1, 0.15) is 5.00 Å². The van der Waals surface area contributed by atoms with Crippen LogP contribution in [0.3, 0.4) is 0 Å². The zero-order chi connectivity index (χ0) is 16.3. The Hall–Kier alpha value is -1.88. The van der Waals surface area contributed by atoms with Crippen LogP contribution < -0.4 is 5.32 Å². The second-order valence-corrected chi connectivity index (χ2v) is 6.55. The van der Waals surface area contributed by atoms with Gasteiger partial charge in [-0.2, -0.15) is 4.37 Å². The molecule has 0 bridgehead atoms. The molecule has 0 unspecified atom stereocenters. The van der Waals surface area contributed by atoms with E-state index in [1.807, 2.05) is 21.0 Å². The van der Waals surface area contributed by atoms with E-state index in [0.717, 1.165) is 16.3 Å². The van der Waals surface area contributed by atoms with Crippen molar-refractivity contribution in [1.82, 2.24) is 9.27 Å². The number of aryl methyl sites for hydroxylation is 1. The zero-order valence-electron chi connectivity index (χ0n) is 13.8. The predicted octanol–water partition coefficient (Wildman–Crippen LogP) is 3.89. The van der Waals surface area contributed by atoms with Gasteiger partial charge in [0, 0.05) is 20.6 Å². The van der Waals surface area contributed by atoms with Crippen molar-refractivity contribution in [3.05, 3.63) is 46.6 Å². The van der Waals surface area contributed by atoms with E-state index in [-0.39, 0.29) is 5.91 Å². The van der Waals surface area contributed by atoms with Gasteiger partial charge >= 0.3 is 0 Å². The van der Waals surface area contributed by atoms with Gasteiger partial charge in [-0.05, 0) is 35.5 Å². The van der Waals surface area contributed by atoms with Crippen molar-refractivity contribution >= 4 is 22.4 Å². The summed E-state index contributed by atoms with van der Waals surface area (Å²) in [5.41, 5.74) is 3.90. The molecule has 1 N–H and O–H groups in total. The van der Waals surface area contributed by atoms with Gasteiger partial charge in [0.05, 0.1) is 11.3 Å². The molecule has 0 aliphatic heterocycles. The van der Waals surface area contributed by atoms with E-state index in [9.17, 15) is 4.79 Å². The van der Waals surface area contributed by atoms with E-state index in [1.165, 1.54) is 17.1 Å². The highest BCUT2D eigenvalue weighted by Crippen LogP contribution is 2.25. The van der Waals surface area contributed by atoms with Crippen LogP contribution in [-0.4, -0.2) is 29.3 Å². The number of anilines is 1. The number of hydrogen-bond acceptors (Lipinski definition) is 4.